The second kappa shape index (κ2) is 5.48. The third-order valence-electron chi connectivity index (χ3n) is 5.33. The van der Waals surface area contributed by atoms with Gasteiger partial charge in [-0.25, -0.2) is 4.39 Å². The highest BCUT2D eigenvalue weighted by atomic mass is 19.1. The predicted octanol–water partition coefficient (Wildman–Crippen LogP) is 5.31. The molecule has 0 spiro atoms. The Balaban J connectivity index is 1.66. The molecule has 0 bridgehead atoms. The average Bonchev–Trinajstić information content (AvgIpc) is 2.47. The summed E-state index contributed by atoms with van der Waals surface area (Å²) in [6.45, 7) is 3.96. The SMILES string of the molecule is C=C[C@@H]1CC[C@@H]2CC(c3ccc(F)cc3)CC[C@@H]2C1. The molecule has 0 amide bonds. The lowest BCUT2D eigenvalue weighted by Gasteiger charge is -2.41. The zero-order valence-electron chi connectivity index (χ0n) is 11.5. The van der Waals surface area contributed by atoms with Crippen molar-refractivity contribution >= 4 is 0 Å². The van der Waals surface area contributed by atoms with Gasteiger partial charge in [0.05, 0.1) is 0 Å². The molecule has 1 aromatic rings. The maximum absolute atomic E-state index is 13.0. The number of allylic oxidation sites excluding steroid dienone is 1. The molecule has 0 heterocycles. The molecule has 1 unspecified atom stereocenters. The standard InChI is InChI=1S/C18H23F/c1-2-13-3-4-17-12-16(6-5-15(17)11-13)14-7-9-18(19)10-8-14/h2,7-10,13,15-17H,1,3-6,11-12H2/t13-,15-,16?,17-/m1/s1. The molecule has 0 nitrogen and oxygen atoms in total. The summed E-state index contributed by atoms with van der Waals surface area (Å²) in [6, 6.07) is 7.18. The Morgan fingerprint density at radius 3 is 2.37 bits per heavy atom. The summed E-state index contributed by atoms with van der Waals surface area (Å²) in [5.41, 5.74) is 1.34. The van der Waals surface area contributed by atoms with Crippen LogP contribution in [0.3, 0.4) is 0 Å². The van der Waals surface area contributed by atoms with Crippen molar-refractivity contribution in [3.05, 3.63) is 48.3 Å². The van der Waals surface area contributed by atoms with Crippen LogP contribution in [0.2, 0.25) is 0 Å². The summed E-state index contributed by atoms with van der Waals surface area (Å²) in [6.07, 6.45) is 10.1. The van der Waals surface area contributed by atoms with E-state index in [1.54, 1.807) is 12.1 Å². The molecule has 2 aliphatic rings. The van der Waals surface area contributed by atoms with Crippen molar-refractivity contribution in [2.24, 2.45) is 17.8 Å². The van der Waals surface area contributed by atoms with E-state index in [1.165, 1.54) is 44.1 Å². The molecule has 1 aromatic carbocycles. The molecule has 102 valence electrons. The van der Waals surface area contributed by atoms with E-state index in [9.17, 15) is 4.39 Å². The van der Waals surface area contributed by atoms with Gasteiger partial charge in [-0.3, -0.25) is 0 Å². The zero-order valence-corrected chi connectivity index (χ0v) is 11.5. The summed E-state index contributed by atoms with van der Waals surface area (Å²) in [5.74, 6) is 3.09. The fraction of sp³-hybridized carbons (Fsp3) is 0.556. The Hall–Kier alpha value is -1.11. The van der Waals surface area contributed by atoms with Crippen LogP contribution in [-0.4, -0.2) is 0 Å². The lowest BCUT2D eigenvalue weighted by molar-refractivity contribution is 0.133. The molecular formula is C18H23F. The number of rotatable bonds is 2. The maximum atomic E-state index is 13.0. The first kappa shape index (κ1) is 12.9. The number of benzene rings is 1. The van der Waals surface area contributed by atoms with Crippen LogP contribution in [-0.2, 0) is 0 Å². The van der Waals surface area contributed by atoms with Gasteiger partial charge in [0, 0.05) is 0 Å². The fourth-order valence-corrected chi connectivity index (χ4v) is 4.18. The van der Waals surface area contributed by atoms with Gasteiger partial charge in [0.2, 0.25) is 0 Å². The van der Waals surface area contributed by atoms with Gasteiger partial charge in [-0.1, -0.05) is 18.2 Å². The van der Waals surface area contributed by atoms with E-state index >= 15 is 0 Å². The molecular weight excluding hydrogens is 235 g/mol. The van der Waals surface area contributed by atoms with Crippen LogP contribution in [0.4, 0.5) is 4.39 Å². The molecule has 0 aromatic heterocycles. The largest absolute Gasteiger partial charge is 0.207 e. The first-order chi connectivity index (χ1) is 9.26. The van der Waals surface area contributed by atoms with E-state index in [4.69, 9.17) is 0 Å². The summed E-state index contributed by atoms with van der Waals surface area (Å²) in [5, 5.41) is 0. The Labute approximate surface area is 115 Å². The zero-order chi connectivity index (χ0) is 13.2. The van der Waals surface area contributed by atoms with Crippen molar-refractivity contribution < 1.29 is 4.39 Å². The molecule has 1 heteroatoms. The number of hydrogen-bond donors (Lipinski definition) is 0. The van der Waals surface area contributed by atoms with Crippen LogP contribution in [0.1, 0.15) is 50.0 Å². The third-order valence-corrected chi connectivity index (χ3v) is 5.33. The molecule has 4 atom stereocenters. The van der Waals surface area contributed by atoms with Gasteiger partial charge < -0.3 is 0 Å². The second-order valence-corrected chi connectivity index (χ2v) is 6.39. The first-order valence-electron chi connectivity index (χ1n) is 7.64. The minimum absolute atomic E-state index is 0.121. The number of hydrogen-bond acceptors (Lipinski definition) is 0. The van der Waals surface area contributed by atoms with Gasteiger partial charge in [0.15, 0.2) is 0 Å². The van der Waals surface area contributed by atoms with Gasteiger partial charge in [0.1, 0.15) is 5.82 Å². The minimum atomic E-state index is -0.121. The van der Waals surface area contributed by atoms with E-state index in [-0.39, 0.29) is 5.82 Å². The number of fused-ring (bicyclic) bond motifs is 1. The van der Waals surface area contributed by atoms with E-state index in [2.05, 4.69) is 12.7 Å². The number of halogens is 1. The van der Waals surface area contributed by atoms with Crippen LogP contribution < -0.4 is 0 Å². The van der Waals surface area contributed by atoms with Crippen LogP contribution in [0, 0.1) is 23.6 Å². The Kier molecular flexibility index (Phi) is 3.72. The van der Waals surface area contributed by atoms with Crippen molar-refractivity contribution in [1.82, 2.24) is 0 Å². The summed E-state index contributed by atoms with van der Waals surface area (Å²) in [7, 11) is 0. The maximum Gasteiger partial charge on any atom is 0.123 e. The van der Waals surface area contributed by atoms with Gasteiger partial charge in [-0.15, -0.1) is 6.58 Å². The van der Waals surface area contributed by atoms with Crippen molar-refractivity contribution in [2.45, 2.75) is 44.4 Å². The second-order valence-electron chi connectivity index (χ2n) is 6.39. The lowest BCUT2D eigenvalue weighted by atomic mass is 9.64. The van der Waals surface area contributed by atoms with Gasteiger partial charge in [-0.2, -0.15) is 0 Å². The molecule has 3 rings (SSSR count). The molecule has 0 radical (unpaired) electrons. The van der Waals surface area contributed by atoms with Crippen LogP contribution in [0.25, 0.3) is 0 Å². The van der Waals surface area contributed by atoms with E-state index in [1.807, 2.05) is 12.1 Å². The van der Waals surface area contributed by atoms with Gasteiger partial charge in [0.25, 0.3) is 0 Å². The van der Waals surface area contributed by atoms with Crippen molar-refractivity contribution in [2.75, 3.05) is 0 Å². The molecule has 2 saturated carbocycles. The van der Waals surface area contributed by atoms with Crippen molar-refractivity contribution in [3.63, 3.8) is 0 Å². The highest BCUT2D eigenvalue weighted by Gasteiger charge is 2.35. The van der Waals surface area contributed by atoms with Crippen molar-refractivity contribution in [3.8, 4) is 0 Å². The third kappa shape index (κ3) is 2.75. The minimum Gasteiger partial charge on any atom is -0.207 e. The van der Waals surface area contributed by atoms with Gasteiger partial charge >= 0.3 is 0 Å². The van der Waals surface area contributed by atoms with Crippen LogP contribution in [0.5, 0.6) is 0 Å². The van der Waals surface area contributed by atoms with E-state index in [0.717, 1.165) is 17.8 Å². The summed E-state index contributed by atoms with van der Waals surface area (Å²) in [4.78, 5) is 0. The van der Waals surface area contributed by atoms with Crippen LogP contribution >= 0.6 is 0 Å². The quantitative estimate of drug-likeness (QED) is 0.630. The van der Waals surface area contributed by atoms with E-state index < -0.39 is 0 Å². The molecule has 0 N–H and O–H groups in total. The molecule has 2 fully saturated rings. The molecule has 2 aliphatic carbocycles. The highest BCUT2D eigenvalue weighted by Crippen LogP contribution is 2.47. The average molecular weight is 258 g/mol. The topological polar surface area (TPSA) is 0 Å². The molecule has 0 saturated heterocycles. The summed E-state index contributed by atoms with van der Waals surface area (Å²) < 4.78 is 13.0. The highest BCUT2D eigenvalue weighted by molar-refractivity contribution is 5.21. The Morgan fingerprint density at radius 2 is 1.63 bits per heavy atom. The van der Waals surface area contributed by atoms with Gasteiger partial charge in [-0.05, 0) is 79.9 Å². The monoisotopic (exact) mass is 258 g/mol. The predicted molar refractivity (Wildman–Crippen MR) is 77.5 cm³/mol. The first-order valence-corrected chi connectivity index (χ1v) is 7.64. The Bertz CT molecular complexity index is 434. The smallest absolute Gasteiger partial charge is 0.123 e. The van der Waals surface area contributed by atoms with Crippen molar-refractivity contribution in [1.29, 1.82) is 0 Å². The molecule has 19 heavy (non-hydrogen) atoms. The normalized spacial score (nSPS) is 34.6. The summed E-state index contributed by atoms with van der Waals surface area (Å²) >= 11 is 0. The fourth-order valence-electron chi connectivity index (χ4n) is 4.18. The lowest BCUT2D eigenvalue weighted by Crippen LogP contribution is -2.29. The Morgan fingerprint density at radius 1 is 0.947 bits per heavy atom. The van der Waals surface area contributed by atoms with E-state index in [0.29, 0.717) is 5.92 Å². The molecule has 0 aliphatic heterocycles. The van der Waals surface area contributed by atoms with Crippen LogP contribution in [0.15, 0.2) is 36.9 Å².